The third kappa shape index (κ3) is 3.27. The fourth-order valence-corrected chi connectivity index (χ4v) is 3.19. The first-order chi connectivity index (χ1) is 11.5. The molecule has 0 radical (unpaired) electrons. The van der Waals surface area contributed by atoms with Gasteiger partial charge < -0.3 is 14.7 Å². The van der Waals surface area contributed by atoms with Gasteiger partial charge in [0, 0.05) is 19.1 Å². The quantitative estimate of drug-likeness (QED) is 0.939. The van der Waals surface area contributed by atoms with Crippen LogP contribution < -0.4 is 10.2 Å². The molecule has 1 aromatic carbocycles. The number of hydrogen-bond acceptors (Lipinski definition) is 4. The third-order valence-electron chi connectivity index (χ3n) is 4.53. The van der Waals surface area contributed by atoms with Crippen LogP contribution in [0.25, 0.3) is 0 Å². The summed E-state index contributed by atoms with van der Waals surface area (Å²) >= 11 is 0. The highest BCUT2D eigenvalue weighted by molar-refractivity contribution is 5.96. The Morgan fingerprint density at radius 3 is 2.62 bits per heavy atom. The van der Waals surface area contributed by atoms with Gasteiger partial charge in [0.25, 0.3) is 5.91 Å². The molecule has 0 unspecified atom stereocenters. The zero-order valence-corrected chi connectivity index (χ0v) is 14.2. The van der Waals surface area contributed by atoms with Crippen LogP contribution in [-0.2, 0) is 0 Å². The van der Waals surface area contributed by atoms with Crippen molar-refractivity contribution >= 4 is 11.6 Å². The molecule has 1 saturated heterocycles. The highest BCUT2D eigenvalue weighted by Gasteiger charge is 2.25. The van der Waals surface area contributed by atoms with Crippen LogP contribution in [0.1, 0.15) is 40.2 Å². The summed E-state index contributed by atoms with van der Waals surface area (Å²) in [4.78, 5) is 14.4. The van der Waals surface area contributed by atoms with Gasteiger partial charge in [-0.1, -0.05) is 11.2 Å². The van der Waals surface area contributed by atoms with E-state index in [1.54, 1.807) is 19.9 Å². The topological polar surface area (TPSA) is 58.4 Å². The SMILES string of the molecule is Cc1ccc(F)c(N2CCC(NC(=O)c3c(C)noc3C)CC2)c1. The molecule has 128 valence electrons. The molecular weight excluding hydrogens is 309 g/mol. The molecule has 5 nitrogen and oxygen atoms in total. The minimum Gasteiger partial charge on any atom is -0.369 e. The van der Waals surface area contributed by atoms with Gasteiger partial charge in [-0.3, -0.25) is 4.79 Å². The van der Waals surface area contributed by atoms with E-state index in [-0.39, 0.29) is 17.8 Å². The number of hydrogen-bond donors (Lipinski definition) is 1. The standard InChI is InChI=1S/C18H22FN3O2/c1-11-4-5-15(19)16(10-11)22-8-6-14(7-9-22)20-18(23)17-12(2)21-24-13(17)3/h4-5,10,14H,6-9H2,1-3H3,(H,20,23). The highest BCUT2D eigenvalue weighted by Crippen LogP contribution is 2.24. The lowest BCUT2D eigenvalue weighted by atomic mass is 10.0. The van der Waals surface area contributed by atoms with Gasteiger partial charge in [-0.25, -0.2) is 4.39 Å². The summed E-state index contributed by atoms with van der Waals surface area (Å²) in [6, 6.07) is 5.24. The Labute approximate surface area is 140 Å². The van der Waals surface area contributed by atoms with Crippen LogP contribution in [0.3, 0.4) is 0 Å². The number of amides is 1. The summed E-state index contributed by atoms with van der Waals surface area (Å²) in [5, 5.41) is 6.86. The number of nitrogens with zero attached hydrogens (tertiary/aromatic N) is 2. The Hall–Kier alpha value is -2.37. The maximum absolute atomic E-state index is 14.0. The minimum atomic E-state index is -0.196. The summed E-state index contributed by atoms with van der Waals surface area (Å²) < 4.78 is 19.1. The summed E-state index contributed by atoms with van der Waals surface area (Å²) in [6.07, 6.45) is 1.56. The molecule has 1 aliphatic rings. The van der Waals surface area contributed by atoms with Crippen molar-refractivity contribution in [3.63, 3.8) is 0 Å². The number of aryl methyl sites for hydroxylation is 3. The summed E-state index contributed by atoms with van der Waals surface area (Å²) in [7, 11) is 0. The molecule has 2 heterocycles. The van der Waals surface area contributed by atoms with E-state index in [0.29, 0.717) is 35.8 Å². The van der Waals surface area contributed by atoms with Crippen LogP contribution in [0.4, 0.5) is 10.1 Å². The maximum atomic E-state index is 14.0. The minimum absolute atomic E-state index is 0.0790. The third-order valence-corrected chi connectivity index (χ3v) is 4.53. The van der Waals surface area contributed by atoms with Gasteiger partial charge in [0.1, 0.15) is 17.1 Å². The fraction of sp³-hybridized carbons (Fsp3) is 0.444. The monoisotopic (exact) mass is 331 g/mol. The molecule has 0 spiro atoms. The Bertz CT molecular complexity index is 729. The summed E-state index contributed by atoms with van der Waals surface area (Å²) in [6.45, 7) is 6.88. The first kappa shape index (κ1) is 16.5. The second-order valence-corrected chi connectivity index (χ2v) is 6.39. The van der Waals surface area contributed by atoms with Gasteiger partial charge in [0.2, 0.25) is 0 Å². The second-order valence-electron chi connectivity index (χ2n) is 6.39. The largest absolute Gasteiger partial charge is 0.369 e. The lowest BCUT2D eigenvalue weighted by Gasteiger charge is -2.34. The number of nitrogens with one attached hydrogen (secondary N) is 1. The molecule has 1 N–H and O–H groups in total. The van der Waals surface area contributed by atoms with E-state index < -0.39 is 0 Å². The van der Waals surface area contributed by atoms with Crippen LogP contribution in [0.5, 0.6) is 0 Å². The number of aromatic nitrogens is 1. The zero-order valence-electron chi connectivity index (χ0n) is 14.2. The lowest BCUT2D eigenvalue weighted by molar-refractivity contribution is 0.0929. The molecule has 0 saturated carbocycles. The number of anilines is 1. The van der Waals surface area contributed by atoms with Gasteiger partial charge in [-0.05, 0) is 51.3 Å². The Balaban J connectivity index is 1.61. The molecule has 0 aliphatic carbocycles. The molecule has 6 heteroatoms. The molecule has 3 rings (SSSR count). The van der Waals surface area contributed by atoms with Crippen molar-refractivity contribution in [2.45, 2.75) is 39.7 Å². The predicted molar refractivity (Wildman–Crippen MR) is 89.8 cm³/mol. The van der Waals surface area contributed by atoms with Crippen molar-refractivity contribution in [1.82, 2.24) is 10.5 Å². The molecule has 1 aromatic heterocycles. The molecule has 1 fully saturated rings. The summed E-state index contributed by atoms with van der Waals surface area (Å²) in [5.41, 5.74) is 2.80. The van der Waals surface area contributed by atoms with E-state index in [1.165, 1.54) is 6.07 Å². The van der Waals surface area contributed by atoms with Crippen molar-refractivity contribution < 1.29 is 13.7 Å². The fourth-order valence-electron chi connectivity index (χ4n) is 3.19. The van der Waals surface area contributed by atoms with E-state index in [4.69, 9.17) is 4.52 Å². The molecule has 2 aromatic rings. The first-order valence-electron chi connectivity index (χ1n) is 8.20. The Morgan fingerprint density at radius 1 is 1.29 bits per heavy atom. The number of carbonyl (C=O) groups is 1. The second kappa shape index (κ2) is 6.63. The van der Waals surface area contributed by atoms with Crippen molar-refractivity contribution in [3.8, 4) is 0 Å². The first-order valence-corrected chi connectivity index (χ1v) is 8.20. The van der Waals surface area contributed by atoms with Crippen LogP contribution in [0.15, 0.2) is 22.7 Å². The molecule has 0 bridgehead atoms. The number of halogens is 1. The normalized spacial score (nSPS) is 15.6. The highest BCUT2D eigenvalue weighted by atomic mass is 19.1. The maximum Gasteiger partial charge on any atom is 0.257 e. The van der Waals surface area contributed by atoms with E-state index in [9.17, 15) is 9.18 Å². The average Bonchev–Trinajstić information content (AvgIpc) is 2.89. The average molecular weight is 331 g/mol. The number of rotatable bonds is 3. The van der Waals surface area contributed by atoms with Gasteiger partial charge in [0.05, 0.1) is 11.4 Å². The molecule has 24 heavy (non-hydrogen) atoms. The molecular formula is C18H22FN3O2. The predicted octanol–water partition coefficient (Wildman–Crippen LogP) is 3.14. The van der Waals surface area contributed by atoms with Gasteiger partial charge in [0.15, 0.2) is 0 Å². The van der Waals surface area contributed by atoms with Crippen molar-refractivity contribution in [2.75, 3.05) is 18.0 Å². The van der Waals surface area contributed by atoms with Crippen LogP contribution in [-0.4, -0.2) is 30.2 Å². The number of piperidine rings is 1. The summed E-state index contributed by atoms with van der Waals surface area (Å²) in [5.74, 6) is 0.189. The lowest BCUT2D eigenvalue weighted by Crippen LogP contribution is -2.45. The van der Waals surface area contributed by atoms with E-state index >= 15 is 0 Å². The van der Waals surface area contributed by atoms with E-state index in [1.807, 2.05) is 17.9 Å². The van der Waals surface area contributed by atoms with Crippen LogP contribution >= 0.6 is 0 Å². The molecule has 0 atom stereocenters. The van der Waals surface area contributed by atoms with Crippen molar-refractivity contribution in [3.05, 3.63) is 46.6 Å². The van der Waals surface area contributed by atoms with Gasteiger partial charge in [-0.15, -0.1) is 0 Å². The molecule has 1 amide bonds. The molecule has 1 aliphatic heterocycles. The van der Waals surface area contributed by atoms with Gasteiger partial charge in [-0.2, -0.15) is 0 Å². The Morgan fingerprint density at radius 2 is 2.00 bits per heavy atom. The van der Waals surface area contributed by atoms with Crippen LogP contribution in [0.2, 0.25) is 0 Å². The van der Waals surface area contributed by atoms with Crippen molar-refractivity contribution in [1.29, 1.82) is 0 Å². The van der Waals surface area contributed by atoms with Gasteiger partial charge >= 0.3 is 0 Å². The number of carbonyl (C=O) groups excluding carboxylic acids is 1. The van der Waals surface area contributed by atoms with Crippen molar-refractivity contribution in [2.24, 2.45) is 0 Å². The zero-order chi connectivity index (χ0) is 17.3. The number of benzene rings is 1. The van der Waals surface area contributed by atoms with E-state index in [0.717, 1.165) is 18.4 Å². The van der Waals surface area contributed by atoms with Crippen LogP contribution in [0, 0.1) is 26.6 Å². The Kier molecular flexibility index (Phi) is 4.55. The van der Waals surface area contributed by atoms with E-state index in [2.05, 4.69) is 10.5 Å². The smallest absolute Gasteiger partial charge is 0.257 e.